The Morgan fingerprint density at radius 3 is 2.62 bits per heavy atom. The van der Waals surface area contributed by atoms with Crippen LogP contribution in [0.3, 0.4) is 0 Å². The summed E-state index contributed by atoms with van der Waals surface area (Å²) in [5.74, 6) is -0.134. The fourth-order valence-corrected chi connectivity index (χ4v) is 4.04. The summed E-state index contributed by atoms with van der Waals surface area (Å²) in [5, 5.41) is 0. The maximum absolute atomic E-state index is 13.9. The average Bonchev–Trinajstić information content (AvgIpc) is 3.08. The Bertz CT molecular complexity index is 844. The lowest BCUT2D eigenvalue weighted by Crippen LogP contribution is -2.38. The molecule has 0 spiro atoms. The van der Waals surface area contributed by atoms with Crippen LogP contribution < -0.4 is 0 Å². The molecule has 1 aliphatic rings. The number of aromatic nitrogens is 1. The van der Waals surface area contributed by atoms with Gasteiger partial charge in [0, 0.05) is 31.5 Å². The van der Waals surface area contributed by atoms with Crippen molar-refractivity contribution in [3.05, 3.63) is 93.1 Å². The molecule has 0 saturated heterocycles. The highest BCUT2D eigenvalue weighted by molar-refractivity contribution is 14.1. The van der Waals surface area contributed by atoms with Gasteiger partial charge in [0.15, 0.2) is 0 Å². The summed E-state index contributed by atoms with van der Waals surface area (Å²) in [6, 6.07) is 20.4. The van der Waals surface area contributed by atoms with E-state index in [1.165, 1.54) is 17.3 Å². The van der Waals surface area contributed by atoms with Gasteiger partial charge in [-0.05, 0) is 51.9 Å². The Morgan fingerprint density at radius 1 is 0.958 bits per heavy atom. The predicted octanol–water partition coefficient (Wildman–Crippen LogP) is 4.84. The van der Waals surface area contributed by atoms with Gasteiger partial charge in [0.25, 0.3) is 0 Å². The van der Waals surface area contributed by atoms with Crippen molar-refractivity contribution >= 4 is 22.6 Å². The highest BCUT2D eigenvalue weighted by Crippen LogP contribution is 2.34. The molecule has 0 bridgehead atoms. The first-order valence-corrected chi connectivity index (χ1v) is 9.19. The second-order valence-corrected chi connectivity index (χ2v) is 7.20. The molecule has 0 saturated carbocycles. The summed E-state index contributed by atoms with van der Waals surface area (Å²) < 4.78 is 17.0. The third kappa shape index (κ3) is 2.89. The SMILES string of the molecule is Fc1cccc(CN2CCn3cccc3C2c2ccccc2)c1I. The minimum absolute atomic E-state index is 0.134. The van der Waals surface area contributed by atoms with Crippen molar-refractivity contribution < 1.29 is 4.39 Å². The van der Waals surface area contributed by atoms with Crippen LogP contribution in [0.2, 0.25) is 0 Å². The van der Waals surface area contributed by atoms with E-state index in [4.69, 9.17) is 0 Å². The lowest BCUT2D eigenvalue weighted by atomic mass is 9.99. The Hall–Kier alpha value is -1.66. The van der Waals surface area contributed by atoms with Gasteiger partial charge in [-0.3, -0.25) is 4.90 Å². The highest BCUT2D eigenvalue weighted by atomic mass is 127. The van der Waals surface area contributed by atoms with E-state index in [0.29, 0.717) is 0 Å². The van der Waals surface area contributed by atoms with Gasteiger partial charge in [0.2, 0.25) is 0 Å². The topological polar surface area (TPSA) is 8.17 Å². The van der Waals surface area contributed by atoms with Gasteiger partial charge in [-0.15, -0.1) is 0 Å². The maximum atomic E-state index is 13.9. The lowest BCUT2D eigenvalue weighted by molar-refractivity contribution is 0.174. The molecule has 122 valence electrons. The van der Waals surface area contributed by atoms with Crippen LogP contribution in [0.1, 0.15) is 22.9 Å². The second kappa shape index (κ2) is 6.69. The molecular weight excluding hydrogens is 414 g/mol. The largest absolute Gasteiger partial charge is 0.348 e. The van der Waals surface area contributed by atoms with Gasteiger partial charge in [0.1, 0.15) is 5.82 Å². The van der Waals surface area contributed by atoms with Crippen molar-refractivity contribution in [1.29, 1.82) is 0 Å². The van der Waals surface area contributed by atoms with Crippen molar-refractivity contribution in [2.45, 2.75) is 19.1 Å². The number of hydrogen-bond acceptors (Lipinski definition) is 1. The molecule has 0 aliphatic carbocycles. The van der Waals surface area contributed by atoms with E-state index < -0.39 is 0 Å². The summed E-state index contributed by atoms with van der Waals surface area (Å²) >= 11 is 2.11. The highest BCUT2D eigenvalue weighted by Gasteiger charge is 2.29. The van der Waals surface area contributed by atoms with Crippen LogP contribution in [0.25, 0.3) is 0 Å². The number of benzene rings is 2. The summed E-state index contributed by atoms with van der Waals surface area (Å²) in [7, 11) is 0. The maximum Gasteiger partial charge on any atom is 0.136 e. The fraction of sp³-hybridized carbons (Fsp3) is 0.200. The zero-order valence-corrected chi connectivity index (χ0v) is 15.4. The van der Waals surface area contributed by atoms with Crippen LogP contribution >= 0.6 is 22.6 Å². The molecule has 4 rings (SSSR count). The van der Waals surface area contributed by atoms with Gasteiger partial charge in [-0.1, -0.05) is 42.5 Å². The molecule has 2 nitrogen and oxygen atoms in total. The lowest BCUT2D eigenvalue weighted by Gasteiger charge is -2.37. The molecule has 0 amide bonds. The molecule has 1 aromatic heterocycles. The van der Waals surface area contributed by atoms with Gasteiger partial charge in [-0.25, -0.2) is 4.39 Å². The number of rotatable bonds is 3. The molecule has 1 unspecified atom stereocenters. The van der Waals surface area contributed by atoms with E-state index in [-0.39, 0.29) is 11.9 Å². The number of halogens is 2. The third-order valence-electron chi connectivity index (χ3n) is 4.66. The molecular formula is C20H18FIN2. The van der Waals surface area contributed by atoms with Crippen LogP contribution in [0.15, 0.2) is 66.9 Å². The summed E-state index contributed by atoms with van der Waals surface area (Å²) in [5.41, 5.74) is 3.64. The van der Waals surface area contributed by atoms with E-state index in [2.05, 4.69) is 74.7 Å². The van der Waals surface area contributed by atoms with Gasteiger partial charge < -0.3 is 4.57 Å². The molecule has 1 aliphatic heterocycles. The van der Waals surface area contributed by atoms with Crippen molar-refractivity contribution in [3.63, 3.8) is 0 Å². The summed E-state index contributed by atoms with van der Waals surface area (Å²) in [6.07, 6.45) is 2.15. The van der Waals surface area contributed by atoms with E-state index in [1.807, 2.05) is 12.1 Å². The average molecular weight is 432 g/mol. The minimum atomic E-state index is -0.134. The first-order chi connectivity index (χ1) is 11.7. The van der Waals surface area contributed by atoms with Crippen LogP contribution in [-0.4, -0.2) is 16.0 Å². The molecule has 0 fully saturated rings. The minimum Gasteiger partial charge on any atom is -0.348 e. The number of fused-ring (bicyclic) bond motifs is 1. The number of hydrogen-bond donors (Lipinski definition) is 0. The van der Waals surface area contributed by atoms with E-state index in [9.17, 15) is 4.39 Å². The third-order valence-corrected chi connectivity index (χ3v) is 5.87. The molecule has 0 N–H and O–H groups in total. The fourth-order valence-electron chi connectivity index (χ4n) is 3.51. The second-order valence-electron chi connectivity index (χ2n) is 6.12. The summed E-state index contributed by atoms with van der Waals surface area (Å²) in [4.78, 5) is 2.45. The smallest absolute Gasteiger partial charge is 0.136 e. The van der Waals surface area contributed by atoms with Crippen LogP contribution in [0.4, 0.5) is 4.39 Å². The van der Waals surface area contributed by atoms with Gasteiger partial charge >= 0.3 is 0 Å². The molecule has 24 heavy (non-hydrogen) atoms. The van der Waals surface area contributed by atoms with Crippen LogP contribution in [-0.2, 0) is 13.1 Å². The van der Waals surface area contributed by atoms with Crippen molar-refractivity contribution in [2.75, 3.05) is 6.54 Å². The summed E-state index contributed by atoms with van der Waals surface area (Å²) in [6.45, 7) is 2.67. The Morgan fingerprint density at radius 2 is 1.79 bits per heavy atom. The predicted molar refractivity (Wildman–Crippen MR) is 102 cm³/mol. The Kier molecular flexibility index (Phi) is 4.41. The molecule has 1 atom stereocenters. The first kappa shape index (κ1) is 15.8. The van der Waals surface area contributed by atoms with Gasteiger partial charge in [0.05, 0.1) is 9.61 Å². The van der Waals surface area contributed by atoms with Crippen molar-refractivity contribution in [1.82, 2.24) is 9.47 Å². The zero-order valence-electron chi connectivity index (χ0n) is 13.2. The Balaban J connectivity index is 1.73. The van der Waals surface area contributed by atoms with Crippen LogP contribution in [0, 0.1) is 9.39 Å². The standard InChI is InChI=1S/C20H18FIN2/c21-17-9-4-8-16(19(17)22)14-24-13-12-23-11-5-10-18(23)20(24)15-6-2-1-3-7-15/h1-11,20H,12-14H2. The molecule has 0 radical (unpaired) electrons. The molecule has 2 aromatic carbocycles. The number of nitrogens with zero attached hydrogens (tertiary/aromatic N) is 2. The monoisotopic (exact) mass is 432 g/mol. The molecule has 3 aromatic rings. The van der Waals surface area contributed by atoms with Gasteiger partial charge in [-0.2, -0.15) is 0 Å². The van der Waals surface area contributed by atoms with Crippen LogP contribution in [0.5, 0.6) is 0 Å². The normalized spacial score (nSPS) is 17.7. The van der Waals surface area contributed by atoms with E-state index in [1.54, 1.807) is 6.07 Å². The zero-order chi connectivity index (χ0) is 16.5. The molecule has 4 heteroatoms. The quantitative estimate of drug-likeness (QED) is 0.538. The van der Waals surface area contributed by atoms with Crippen molar-refractivity contribution in [2.24, 2.45) is 0 Å². The molecule has 2 heterocycles. The first-order valence-electron chi connectivity index (χ1n) is 8.11. The Labute approximate surface area is 155 Å². The van der Waals surface area contributed by atoms with E-state index in [0.717, 1.165) is 28.8 Å². The van der Waals surface area contributed by atoms with E-state index >= 15 is 0 Å². The van der Waals surface area contributed by atoms with Crippen molar-refractivity contribution in [3.8, 4) is 0 Å².